The summed E-state index contributed by atoms with van der Waals surface area (Å²) in [6.45, 7) is 4.65. The zero-order valence-electron chi connectivity index (χ0n) is 11.0. The first-order valence-electron chi connectivity index (χ1n) is 6.17. The highest BCUT2D eigenvalue weighted by Gasteiger charge is 2.15. The summed E-state index contributed by atoms with van der Waals surface area (Å²) in [7, 11) is 0. The van der Waals surface area contributed by atoms with Crippen LogP contribution in [0.4, 0.5) is 0 Å². The molecule has 1 amide bonds. The number of hydrogen-bond donors (Lipinski definition) is 1. The second-order valence-corrected chi connectivity index (χ2v) is 4.38. The van der Waals surface area contributed by atoms with Crippen LogP contribution in [0.2, 0.25) is 0 Å². The molecule has 1 aromatic carbocycles. The molecule has 0 fully saturated rings. The second kappa shape index (κ2) is 7.84. The minimum atomic E-state index is -0.0880. The van der Waals surface area contributed by atoms with Crippen molar-refractivity contribution in [3.8, 4) is 0 Å². The Bertz CT molecular complexity index is 351. The van der Waals surface area contributed by atoms with Gasteiger partial charge in [-0.3, -0.25) is 4.79 Å². The lowest BCUT2D eigenvalue weighted by atomic mass is 10.2. The van der Waals surface area contributed by atoms with E-state index in [0.717, 1.165) is 5.56 Å². The molecule has 0 bridgehead atoms. The molecular weight excluding hydrogens is 230 g/mol. The summed E-state index contributed by atoms with van der Waals surface area (Å²) >= 11 is 0. The monoisotopic (exact) mass is 251 g/mol. The Morgan fingerprint density at radius 1 is 1.33 bits per heavy atom. The van der Waals surface area contributed by atoms with Crippen LogP contribution in [0, 0.1) is 0 Å². The molecule has 1 aromatic rings. The Kier molecular flexibility index (Phi) is 6.39. The molecule has 0 aliphatic carbocycles. The number of carbonyl (C=O) groups is 1. The van der Waals surface area contributed by atoms with Gasteiger partial charge in [-0.05, 0) is 19.4 Å². The summed E-state index contributed by atoms with van der Waals surface area (Å²) in [5.41, 5.74) is 1.04. The van der Waals surface area contributed by atoms with Gasteiger partial charge in [0.2, 0.25) is 5.91 Å². The molecule has 0 radical (unpaired) electrons. The number of hydrogen-bond acceptors (Lipinski definition) is 3. The van der Waals surface area contributed by atoms with Crippen molar-refractivity contribution in [1.82, 2.24) is 4.90 Å². The smallest absolute Gasteiger partial charge is 0.248 e. The van der Waals surface area contributed by atoms with Crippen molar-refractivity contribution in [1.29, 1.82) is 0 Å². The molecular formula is C14H21NO3. The van der Waals surface area contributed by atoms with Gasteiger partial charge in [0.1, 0.15) is 6.61 Å². The van der Waals surface area contributed by atoms with Gasteiger partial charge in [-0.25, -0.2) is 0 Å². The first kappa shape index (κ1) is 14.7. The van der Waals surface area contributed by atoms with E-state index in [1.54, 1.807) is 4.90 Å². The maximum atomic E-state index is 11.9. The maximum Gasteiger partial charge on any atom is 0.248 e. The number of amides is 1. The van der Waals surface area contributed by atoms with Gasteiger partial charge in [-0.2, -0.15) is 0 Å². The molecule has 0 saturated heterocycles. The lowest BCUT2D eigenvalue weighted by molar-refractivity contribution is -0.138. The Hall–Kier alpha value is -1.39. The molecule has 4 nitrogen and oxygen atoms in total. The van der Waals surface area contributed by atoms with Gasteiger partial charge in [0.25, 0.3) is 0 Å². The Labute approximate surface area is 108 Å². The fourth-order valence-corrected chi connectivity index (χ4v) is 1.69. The van der Waals surface area contributed by atoms with E-state index < -0.39 is 0 Å². The van der Waals surface area contributed by atoms with E-state index in [0.29, 0.717) is 13.2 Å². The van der Waals surface area contributed by atoms with Crippen LogP contribution in [0.5, 0.6) is 0 Å². The number of aliphatic hydroxyl groups excluding tert-OH is 1. The zero-order chi connectivity index (χ0) is 13.4. The highest BCUT2D eigenvalue weighted by atomic mass is 16.5. The van der Waals surface area contributed by atoms with Gasteiger partial charge in [-0.1, -0.05) is 30.3 Å². The third kappa shape index (κ3) is 4.85. The van der Waals surface area contributed by atoms with Crippen molar-refractivity contribution in [2.24, 2.45) is 0 Å². The Balaban J connectivity index is 2.36. The van der Waals surface area contributed by atoms with Gasteiger partial charge < -0.3 is 14.7 Å². The number of carbonyl (C=O) groups excluding carboxylic acids is 1. The molecule has 4 heteroatoms. The van der Waals surface area contributed by atoms with Crippen LogP contribution in [-0.4, -0.2) is 41.7 Å². The van der Waals surface area contributed by atoms with E-state index in [4.69, 9.17) is 9.84 Å². The summed E-state index contributed by atoms with van der Waals surface area (Å²) in [5.74, 6) is -0.0880. The molecule has 0 heterocycles. The van der Waals surface area contributed by atoms with E-state index in [9.17, 15) is 4.79 Å². The lowest BCUT2D eigenvalue weighted by Gasteiger charge is -2.25. The van der Waals surface area contributed by atoms with Crippen molar-refractivity contribution >= 4 is 5.91 Å². The first-order valence-corrected chi connectivity index (χ1v) is 6.17. The standard InChI is InChI=1S/C14H21NO3/c1-12(2)15(8-9-16)14(17)11-18-10-13-6-4-3-5-7-13/h3-7,12,16H,8-11H2,1-2H3. The van der Waals surface area contributed by atoms with Crippen molar-refractivity contribution in [2.45, 2.75) is 26.5 Å². The third-order valence-corrected chi connectivity index (χ3v) is 2.62. The summed E-state index contributed by atoms with van der Waals surface area (Å²) < 4.78 is 5.39. The van der Waals surface area contributed by atoms with Crippen LogP contribution in [0.25, 0.3) is 0 Å². The van der Waals surface area contributed by atoms with Gasteiger partial charge in [0, 0.05) is 12.6 Å². The van der Waals surface area contributed by atoms with E-state index in [1.165, 1.54) is 0 Å². The molecule has 0 aliphatic rings. The van der Waals surface area contributed by atoms with E-state index in [2.05, 4.69) is 0 Å². The maximum absolute atomic E-state index is 11.9. The van der Waals surface area contributed by atoms with Crippen LogP contribution in [0.1, 0.15) is 19.4 Å². The lowest BCUT2D eigenvalue weighted by Crippen LogP contribution is -2.41. The quantitative estimate of drug-likeness (QED) is 0.797. The van der Waals surface area contributed by atoms with Crippen molar-refractivity contribution in [2.75, 3.05) is 19.8 Å². The minimum Gasteiger partial charge on any atom is -0.395 e. The predicted molar refractivity (Wildman–Crippen MR) is 70.0 cm³/mol. The molecule has 0 aliphatic heterocycles. The largest absolute Gasteiger partial charge is 0.395 e. The van der Waals surface area contributed by atoms with Gasteiger partial charge >= 0.3 is 0 Å². The second-order valence-electron chi connectivity index (χ2n) is 4.38. The van der Waals surface area contributed by atoms with Crippen molar-refractivity contribution < 1.29 is 14.6 Å². The molecule has 100 valence electrons. The number of benzene rings is 1. The van der Waals surface area contributed by atoms with Crippen LogP contribution in [-0.2, 0) is 16.1 Å². The topological polar surface area (TPSA) is 49.8 Å². The van der Waals surface area contributed by atoms with Crippen LogP contribution in [0.15, 0.2) is 30.3 Å². The minimum absolute atomic E-state index is 0.0252. The van der Waals surface area contributed by atoms with Gasteiger partial charge in [0.15, 0.2) is 0 Å². The fourth-order valence-electron chi connectivity index (χ4n) is 1.69. The average Bonchev–Trinajstić information content (AvgIpc) is 2.36. The van der Waals surface area contributed by atoms with Gasteiger partial charge in [-0.15, -0.1) is 0 Å². The van der Waals surface area contributed by atoms with E-state index >= 15 is 0 Å². The molecule has 1 N–H and O–H groups in total. The van der Waals surface area contributed by atoms with Crippen LogP contribution < -0.4 is 0 Å². The molecule has 0 saturated carbocycles. The summed E-state index contributed by atoms with van der Waals surface area (Å²) in [6.07, 6.45) is 0. The van der Waals surface area contributed by atoms with E-state index in [-0.39, 0.29) is 25.2 Å². The summed E-state index contributed by atoms with van der Waals surface area (Å²) in [5, 5.41) is 8.90. The molecule has 0 unspecified atom stereocenters. The van der Waals surface area contributed by atoms with Crippen molar-refractivity contribution in [3.63, 3.8) is 0 Å². The number of nitrogens with zero attached hydrogens (tertiary/aromatic N) is 1. The molecule has 0 spiro atoms. The molecule has 0 atom stereocenters. The van der Waals surface area contributed by atoms with Gasteiger partial charge in [0.05, 0.1) is 13.2 Å². The first-order chi connectivity index (χ1) is 8.65. The number of aliphatic hydroxyl groups is 1. The Morgan fingerprint density at radius 3 is 2.56 bits per heavy atom. The number of ether oxygens (including phenoxy) is 1. The van der Waals surface area contributed by atoms with E-state index in [1.807, 2.05) is 44.2 Å². The Morgan fingerprint density at radius 2 is 2.00 bits per heavy atom. The molecule has 18 heavy (non-hydrogen) atoms. The predicted octanol–water partition coefficient (Wildman–Crippen LogP) is 1.43. The third-order valence-electron chi connectivity index (χ3n) is 2.62. The summed E-state index contributed by atoms with van der Waals surface area (Å²) in [4.78, 5) is 13.5. The van der Waals surface area contributed by atoms with Crippen molar-refractivity contribution in [3.05, 3.63) is 35.9 Å². The number of rotatable bonds is 7. The average molecular weight is 251 g/mol. The molecule has 0 aromatic heterocycles. The molecule has 1 rings (SSSR count). The highest BCUT2D eigenvalue weighted by molar-refractivity contribution is 5.77. The zero-order valence-corrected chi connectivity index (χ0v) is 11.0. The normalized spacial score (nSPS) is 10.7. The summed E-state index contributed by atoms with van der Waals surface area (Å²) in [6, 6.07) is 9.80. The highest BCUT2D eigenvalue weighted by Crippen LogP contribution is 2.03. The van der Waals surface area contributed by atoms with Crippen LogP contribution in [0.3, 0.4) is 0 Å². The SMILES string of the molecule is CC(C)N(CCO)C(=O)COCc1ccccc1. The van der Waals surface area contributed by atoms with Crippen LogP contribution >= 0.6 is 0 Å². The fraction of sp³-hybridized carbons (Fsp3) is 0.500.